The number of aryl methyl sites for hydroxylation is 1. The molecule has 0 radical (unpaired) electrons. The zero-order valence-electron chi connectivity index (χ0n) is 12.1. The van der Waals surface area contributed by atoms with Gasteiger partial charge in [0.15, 0.2) is 0 Å². The van der Waals surface area contributed by atoms with Crippen molar-refractivity contribution in [3.05, 3.63) is 29.8 Å². The zero-order chi connectivity index (χ0) is 14.5. The van der Waals surface area contributed by atoms with Gasteiger partial charge in [0.1, 0.15) is 0 Å². The van der Waals surface area contributed by atoms with Crippen LogP contribution in [0.1, 0.15) is 26.3 Å². The van der Waals surface area contributed by atoms with Crippen molar-refractivity contribution in [2.45, 2.75) is 38.1 Å². The lowest BCUT2D eigenvalue weighted by molar-refractivity contribution is -0.139. The summed E-state index contributed by atoms with van der Waals surface area (Å²) in [6, 6.07) is 8.42. The van der Waals surface area contributed by atoms with Gasteiger partial charge in [0, 0.05) is 22.7 Å². The Morgan fingerprint density at radius 3 is 2.32 bits per heavy atom. The molecule has 4 heteroatoms. The van der Waals surface area contributed by atoms with Crippen LogP contribution in [-0.2, 0) is 4.79 Å². The molecular weight excluding hydrogens is 258 g/mol. The monoisotopic (exact) mass is 281 g/mol. The Bertz CT molecular complexity index is 409. The molecule has 0 amide bonds. The molecule has 1 aromatic rings. The third-order valence-corrected chi connectivity index (χ3v) is 3.92. The van der Waals surface area contributed by atoms with Crippen molar-refractivity contribution >= 4 is 17.7 Å². The van der Waals surface area contributed by atoms with Gasteiger partial charge in [-0.05, 0) is 39.8 Å². The lowest BCUT2D eigenvalue weighted by atomic mass is 10.1. The summed E-state index contributed by atoms with van der Waals surface area (Å²) >= 11 is 1.77. The number of carboxylic acid groups (broad SMARTS) is 1. The van der Waals surface area contributed by atoms with Gasteiger partial charge >= 0.3 is 5.97 Å². The molecule has 0 saturated carbocycles. The van der Waals surface area contributed by atoms with Gasteiger partial charge in [-0.2, -0.15) is 0 Å². The SMILES string of the molecule is Cc1ccc(SCCN(CC(=O)O)C(C)(C)C)cc1. The maximum Gasteiger partial charge on any atom is 0.317 e. The molecule has 0 fully saturated rings. The Kier molecular flexibility index (Phi) is 5.88. The Morgan fingerprint density at radius 1 is 1.26 bits per heavy atom. The van der Waals surface area contributed by atoms with E-state index in [4.69, 9.17) is 5.11 Å². The van der Waals surface area contributed by atoms with E-state index in [1.54, 1.807) is 11.8 Å². The molecule has 0 aliphatic heterocycles. The Balaban J connectivity index is 2.48. The molecule has 0 aliphatic rings. The summed E-state index contributed by atoms with van der Waals surface area (Å²) in [5.74, 6) is 0.128. The average molecular weight is 281 g/mol. The number of carbonyl (C=O) groups is 1. The first-order valence-electron chi connectivity index (χ1n) is 6.45. The first-order chi connectivity index (χ1) is 8.79. The van der Waals surface area contributed by atoms with Crippen LogP contribution >= 0.6 is 11.8 Å². The Labute approximate surface area is 120 Å². The van der Waals surface area contributed by atoms with E-state index in [1.807, 2.05) is 25.7 Å². The van der Waals surface area contributed by atoms with E-state index in [-0.39, 0.29) is 12.1 Å². The molecule has 0 aliphatic carbocycles. The summed E-state index contributed by atoms with van der Waals surface area (Å²) in [5, 5.41) is 8.95. The van der Waals surface area contributed by atoms with E-state index in [0.717, 1.165) is 12.3 Å². The normalized spacial score (nSPS) is 11.8. The summed E-state index contributed by atoms with van der Waals surface area (Å²) in [5.41, 5.74) is 1.14. The fourth-order valence-electron chi connectivity index (χ4n) is 1.72. The highest BCUT2D eigenvalue weighted by atomic mass is 32.2. The molecule has 0 bridgehead atoms. The largest absolute Gasteiger partial charge is 0.480 e. The van der Waals surface area contributed by atoms with E-state index < -0.39 is 5.97 Å². The molecule has 0 spiro atoms. The van der Waals surface area contributed by atoms with Crippen molar-refractivity contribution in [3.8, 4) is 0 Å². The van der Waals surface area contributed by atoms with Crippen LogP contribution in [0.15, 0.2) is 29.2 Å². The van der Waals surface area contributed by atoms with E-state index in [0.29, 0.717) is 0 Å². The molecule has 0 saturated heterocycles. The number of nitrogens with zero attached hydrogens (tertiary/aromatic N) is 1. The van der Waals surface area contributed by atoms with Crippen molar-refractivity contribution in [1.82, 2.24) is 4.90 Å². The van der Waals surface area contributed by atoms with E-state index in [1.165, 1.54) is 10.5 Å². The van der Waals surface area contributed by atoms with E-state index >= 15 is 0 Å². The smallest absolute Gasteiger partial charge is 0.317 e. The first kappa shape index (κ1) is 16.1. The van der Waals surface area contributed by atoms with Crippen LogP contribution in [0, 0.1) is 6.92 Å². The number of hydrogen-bond acceptors (Lipinski definition) is 3. The van der Waals surface area contributed by atoms with Crippen LogP contribution in [-0.4, -0.2) is 40.4 Å². The second-order valence-corrected chi connectivity index (χ2v) is 6.82. The minimum absolute atomic E-state index is 0.0952. The quantitative estimate of drug-likeness (QED) is 0.812. The number of rotatable bonds is 6. The third-order valence-electron chi connectivity index (χ3n) is 2.93. The van der Waals surface area contributed by atoms with Crippen molar-refractivity contribution in [2.75, 3.05) is 18.8 Å². The standard InChI is InChI=1S/C15H23NO2S/c1-12-5-7-13(8-6-12)19-10-9-16(11-14(17)18)15(2,3)4/h5-8H,9-11H2,1-4H3,(H,17,18). The molecule has 19 heavy (non-hydrogen) atoms. The Hall–Kier alpha value is -1.00. The first-order valence-corrected chi connectivity index (χ1v) is 7.44. The summed E-state index contributed by atoms with van der Waals surface area (Å²) in [6.45, 7) is 9.08. The lowest BCUT2D eigenvalue weighted by Gasteiger charge is -2.34. The van der Waals surface area contributed by atoms with Gasteiger partial charge in [-0.15, -0.1) is 11.8 Å². The van der Waals surface area contributed by atoms with Crippen molar-refractivity contribution < 1.29 is 9.90 Å². The number of benzene rings is 1. The van der Waals surface area contributed by atoms with Crippen LogP contribution in [0.3, 0.4) is 0 Å². The van der Waals surface area contributed by atoms with Gasteiger partial charge in [-0.3, -0.25) is 9.69 Å². The summed E-state index contributed by atoms with van der Waals surface area (Å²) in [4.78, 5) is 14.1. The number of aliphatic carboxylic acids is 1. The molecule has 0 atom stereocenters. The molecule has 0 heterocycles. The maximum atomic E-state index is 10.9. The molecule has 1 N–H and O–H groups in total. The van der Waals surface area contributed by atoms with Gasteiger partial charge in [0.25, 0.3) is 0 Å². The van der Waals surface area contributed by atoms with Gasteiger partial charge in [-0.1, -0.05) is 17.7 Å². The molecule has 0 unspecified atom stereocenters. The van der Waals surface area contributed by atoms with Crippen molar-refractivity contribution in [2.24, 2.45) is 0 Å². The maximum absolute atomic E-state index is 10.9. The minimum Gasteiger partial charge on any atom is -0.480 e. The van der Waals surface area contributed by atoms with E-state index in [2.05, 4.69) is 31.2 Å². The number of hydrogen-bond donors (Lipinski definition) is 1. The number of thioether (sulfide) groups is 1. The zero-order valence-corrected chi connectivity index (χ0v) is 13.0. The van der Waals surface area contributed by atoms with Crippen molar-refractivity contribution in [1.29, 1.82) is 0 Å². The van der Waals surface area contributed by atoms with Gasteiger partial charge in [0.2, 0.25) is 0 Å². The lowest BCUT2D eigenvalue weighted by Crippen LogP contribution is -2.45. The predicted octanol–water partition coefficient (Wildman–Crippen LogP) is 3.27. The molecular formula is C15H23NO2S. The number of carboxylic acids is 1. The molecule has 1 aromatic carbocycles. The van der Waals surface area contributed by atoms with Crippen LogP contribution in [0.5, 0.6) is 0 Å². The molecule has 106 valence electrons. The highest BCUT2D eigenvalue weighted by molar-refractivity contribution is 7.99. The molecule has 0 aromatic heterocycles. The second kappa shape index (κ2) is 6.96. The van der Waals surface area contributed by atoms with Crippen LogP contribution in [0.25, 0.3) is 0 Å². The van der Waals surface area contributed by atoms with Crippen molar-refractivity contribution in [3.63, 3.8) is 0 Å². The second-order valence-electron chi connectivity index (χ2n) is 5.65. The van der Waals surface area contributed by atoms with Crippen LogP contribution in [0.2, 0.25) is 0 Å². The van der Waals surface area contributed by atoms with Crippen LogP contribution < -0.4 is 0 Å². The summed E-state index contributed by atoms with van der Waals surface area (Å²) < 4.78 is 0. The molecule has 3 nitrogen and oxygen atoms in total. The Morgan fingerprint density at radius 2 is 1.84 bits per heavy atom. The highest BCUT2D eigenvalue weighted by Crippen LogP contribution is 2.20. The van der Waals surface area contributed by atoms with Gasteiger partial charge < -0.3 is 5.11 Å². The average Bonchev–Trinajstić information content (AvgIpc) is 2.28. The third kappa shape index (κ3) is 6.12. The van der Waals surface area contributed by atoms with E-state index in [9.17, 15) is 4.79 Å². The minimum atomic E-state index is -0.768. The molecule has 1 rings (SSSR count). The highest BCUT2D eigenvalue weighted by Gasteiger charge is 2.22. The predicted molar refractivity (Wildman–Crippen MR) is 80.9 cm³/mol. The topological polar surface area (TPSA) is 40.5 Å². The fourth-order valence-corrected chi connectivity index (χ4v) is 2.60. The van der Waals surface area contributed by atoms with Gasteiger partial charge in [0.05, 0.1) is 6.54 Å². The fraction of sp³-hybridized carbons (Fsp3) is 0.533. The summed E-state index contributed by atoms with van der Waals surface area (Å²) in [7, 11) is 0. The van der Waals surface area contributed by atoms with Crippen LogP contribution in [0.4, 0.5) is 0 Å². The van der Waals surface area contributed by atoms with Gasteiger partial charge in [-0.25, -0.2) is 0 Å². The summed E-state index contributed by atoms with van der Waals surface area (Å²) in [6.07, 6.45) is 0.